The lowest BCUT2D eigenvalue weighted by Gasteiger charge is -2.12. The molecule has 3 rings (SSSR count). The Hall–Kier alpha value is -3.45. The van der Waals surface area contributed by atoms with Crippen LogP contribution in [0.3, 0.4) is 0 Å². The lowest BCUT2D eigenvalue weighted by molar-refractivity contribution is 0.0232. The fraction of sp³-hybridized carbons (Fsp3) is 0.0476. The zero-order valence-corrected chi connectivity index (χ0v) is 19.8. The third-order valence-corrected chi connectivity index (χ3v) is 5.51. The highest BCUT2D eigenvalue weighted by Crippen LogP contribution is 2.22. The molecule has 0 aliphatic heterocycles. The van der Waals surface area contributed by atoms with Crippen molar-refractivity contribution < 1.29 is 31.6 Å². The zero-order valence-electron chi connectivity index (χ0n) is 17.4. The molecule has 3 amide bonds. The van der Waals surface area contributed by atoms with Crippen molar-refractivity contribution in [3.05, 3.63) is 93.5 Å². The first-order chi connectivity index (χ1) is 16.5. The molecule has 0 radical (unpaired) electrons. The minimum absolute atomic E-state index is 0.00788. The van der Waals surface area contributed by atoms with Crippen LogP contribution in [0.15, 0.2) is 60.7 Å². The third kappa shape index (κ3) is 8.07. The Balaban J connectivity index is 1.56. The Morgan fingerprint density at radius 3 is 2.29 bits per heavy atom. The number of hydrogen-bond donors (Lipinski definition) is 4. The van der Waals surface area contributed by atoms with Crippen molar-refractivity contribution in [2.24, 2.45) is 0 Å². The second-order valence-corrected chi connectivity index (χ2v) is 9.16. The van der Waals surface area contributed by atoms with Crippen LogP contribution in [-0.4, -0.2) is 20.4 Å². The second-order valence-electron chi connectivity index (χ2n) is 6.87. The van der Waals surface area contributed by atoms with E-state index in [0.29, 0.717) is 0 Å². The van der Waals surface area contributed by atoms with Crippen molar-refractivity contribution >= 4 is 56.7 Å². The second kappa shape index (κ2) is 11.3. The lowest BCUT2D eigenvalue weighted by Crippen LogP contribution is -2.38. The lowest BCUT2D eigenvalue weighted by atomic mass is 10.2. The van der Waals surface area contributed by atoms with E-state index in [1.54, 1.807) is 4.72 Å². The molecule has 9 nitrogen and oxygen atoms in total. The summed E-state index contributed by atoms with van der Waals surface area (Å²) in [6.45, 7) is -0.244. The van der Waals surface area contributed by atoms with Crippen molar-refractivity contribution in [3.63, 3.8) is 0 Å². The van der Waals surface area contributed by atoms with Gasteiger partial charge >= 0.3 is 16.2 Å². The minimum atomic E-state index is -4.38. The summed E-state index contributed by atoms with van der Waals surface area (Å²) in [4.78, 5) is 29.3. The molecule has 0 fully saturated rings. The van der Waals surface area contributed by atoms with E-state index in [9.17, 15) is 26.8 Å². The van der Waals surface area contributed by atoms with Gasteiger partial charge in [0, 0.05) is 21.3 Å². The summed E-state index contributed by atoms with van der Waals surface area (Å²) >= 11 is 11.7. The number of hydroxylamine groups is 1. The fourth-order valence-corrected chi connectivity index (χ4v) is 3.99. The van der Waals surface area contributed by atoms with Gasteiger partial charge in [-0.25, -0.2) is 23.8 Å². The van der Waals surface area contributed by atoms with Gasteiger partial charge in [0.05, 0.1) is 12.3 Å². The summed E-state index contributed by atoms with van der Waals surface area (Å²) in [6, 6.07) is 11.5. The van der Waals surface area contributed by atoms with Crippen molar-refractivity contribution in [2.45, 2.75) is 6.61 Å². The average Bonchev–Trinajstić information content (AvgIpc) is 2.74. The molecule has 14 heteroatoms. The van der Waals surface area contributed by atoms with Gasteiger partial charge in [-0.15, -0.1) is 0 Å². The van der Waals surface area contributed by atoms with Gasteiger partial charge in [-0.3, -0.25) is 14.4 Å². The van der Waals surface area contributed by atoms with Crippen LogP contribution in [0.2, 0.25) is 10.0 Å². The highest BCUT2D eigenvalue weighted by Gasteiger charge is 2.16. The van der Waals surface area contributed by atoms with Crippen molar-refractivity contribution in [1.29, 1.82) is 0 Å². The Morgan fingerprint density at radius 1 is 0.886 bits per heavy atom. The molecule has 0 saturated carbocycles. The molecule has 0 unspecified atom stereocenters. The van der Waals surface area contributed by atoms with Crippen LogP contribution in [0.5, 0.6) is 0 Å². The number of halogens is 4. The summed E-state index contributed by atoms with van der Waals surface area (Å²) < 4.78 is 54.6. The molecule has 0 heterocycles. The zero-order chi connectivity index (χ0) is 25.6. The predicted molar refractivity (Wildman–Crippen MR) is 126 cm³/mol. The summed E-state index contributed by atoms with van der Waals surface area (Å²) in [5, 5.41) is 2.74. The largest absolute Gasteiger partial charge is 0.334 e. The fourth-order valence-electron chi connectivity index (χ4n) is 2.68. The number of rotatable bonds is 8. The van der Waals surface area contributed by atoms with Gasteiger partial charge in [0.15, 0.2) is 11.6 Å². The number of carbonyl (C=O) groups excluding carboxylic acids is 2. The third-order valence-electron chi connectivity index (χ3n) is 4.11. The molecule has 0 bridgehead atoms. The van der Waals surface area contributed by atoms with Gasteiger partial charge in [-0.1, -0.05) is 35.3 Å². The molecule has 3 aromatic rings. The van der Waals surface area contributed by atoms with Gasteiger partial charge in [0.2, 0.25) is 0 Å². The molecule has 0 aromatic heterocycles. The number of anilines is 2. The Kier molecular flexibility index (Phi) is 8.46. The van der Waals surface area contributed by atoms with Crippen molar-refractivity contribution in [3.8, 4) is 0 Å². The molecule has 0 saturated heterocycles. The summed E-state index contributed by atoms with van der Waals surface area (Å²) in [6.07, 6.45) is 0. The molecule has 0 aliphatic rings. The van der Waals surface area contributed by atoms with Crippen LogP contribution in [0, 0.1) is 11.6 Å². The Bertz CT molecular complexity index is 1360. The standard InChI is InChI=1S/C21H16Cl2F2N4O5S/c22-14-8-15(23)10-17(9-14)26-21(31)29-35(32,33)28-16-3-1-2-13(7-16)20(30)27-34-11-12-4-5-18(24)19(25)6-12/h1-10,28H,11H2,(H,27,30)(H2,26,29,31). The summed E-state index contributed by atoms with van der Waals surface area (Å²) in [7, 11) is -4.38. The van der Waals surface area contributed by atoms with E-state index in [-0.39, 0.29) is 39.2 Å². The van der Waals surface area contributed by atoms with Gasteiger partial charge in [0.1, 0.15) is 0 Å². The van der Waals surface area contributed by atoms with Gasteiger partial charge < -0.3 is 5.32 Å². The van der Waals surface area contributed by atoms with Crippen molar-refractivity contribution in [2.75, 3.05) is 10.0 Å². The molecule has 0 aliphatic carbocycles. The number of hydrogen-bond acceptors (Lipinski definition) is 5. The minimum Gasteiger partial charge on any atom is -0.307 e. The first-order valence-electron chi connectivity index (χ1n) is 9.54. The first kappa shape index (κ1) is 26.2. The van der Waals surface area contributed by atoms with Crippen LogP contribution in [-0.2, 0) is 21.7 Å². The highest BCUT2D eigenvalue weighted by atomic mass is 35.5. The number of nitrogens with one attached hydrogen (secondary N) is 4. The number of amides is 3. The van der Waals surface area contributed by atoms with E-state index >= 15 is 0 Å². The summed E-state index contributed by atoms with van der Waals surface area (Å²) in [5.41, 5.74) is 2.51. The molecule has 3 aromatic carbocycles. The monoisotopic (exact) mass is 544 g/mol. The SMILES string of the molecule is O=C(Nc1cc(Cl)cc(Cl)c1)NS(=O)(=O)Nc1cccc(C(=O)NOCc2ccc(F)c(F)c2)c1. The van der Waals surface area contributed by atoms with Crippen LogP contribution >= 0.6 is 23.2 Å². The van der Waals surface area contributed by atoms with Gasteiger partial charge in [0.25, 0.3) is 5.91 Å². The van der Waals surface area contributed by atoms with E-state index in [1.165, 1.54) is 48.5 Å². The van der Waals surface area contributed by atoms with Crippen LogP contribution in [0.4, 0.5) is 25.0 Å². The molecular weight excluding hydrogens is 529 g/mol. The maximum atomic E-state index is 13.2. The quantitative estimate of drug-likeness (QED) is 0.308. The van der Waals surface area contributed by atoms with E-state index in [2.05, 4.69) is 15.5 Å². The van der Waals surface area contributed by atoms with E-state index in [0.717, 1.165) is 12.1 Å². The highest BCUT2D eigenvalue weighted by molar-refractivity contribution is 7.91. The first-order valence-corrected chi connectivity index (χ1v) is 11.8. The topological polar surface area (TPSA) is 126 Å². The molecule has 35 heavy (non-hydrogen) atoms. The predicted octanol–water partition coefficient (Wildman–Crippen LogP) is 4.61. The number of urea groups is 1. The molecule has 0 atom stereocenters. The van der Waals surface area contributed by atoms with Crippen LogP contribution in [0.25, 0.3) is 0 Å². The number of carbonyl (C=O) groups is 2. The normalized spacial score (nSPS) is 11.0. The van der Waals surface area contributed by atoms with E-state index < -0.39 is 33.8 Å². The average molecular weight is 545 g/mol. The molecule has 4 N–H and O–H groups in total. The van der Waals surface area contributed by atoms with E-state index in [1.807, 2.05) is 0 Å². The van der Waals surface area contributed by atoms with Gasteiger partial charge in [-0.2, -0.15) is 8.42 Å². The molecular formula is C21H16Cl2F2N4O5S. The smallest absolute Gasteiger partial charge is 0.307 e. The van der Waals surface area contributed by atoms with Crippen LogP contribution in [0.1, 0.15) is 15.9 Å². The molecule has 184 valence electrons. The van der Waals surface area contributed by atoms with Crippen LogP contribution < -0.4 is 20.2 Å². The maximum Gasteiger partial charge on any atom is 0.334 e. The Labute approximate surface area is 208 Å². The maximum absolute atomic E-state index is 13.2. The van der Waals surface area contributed by atoms with Crippen molar-refractivity contribution in [1.82, 2.24) is 10.2 Å². The van der Waals surface area contributed by atoms with E-state index in [4.69, 9.17) is 28.0 Å². The summed E-state index contributed by atoms with van der Waals surface area (Å²) in [5.74, 6) is -2.81. The Morgan fingerprint density at radius 2 is 1.60 bits per heavy atom. The number of benzene rings is 3. The van der Waals surface area contributed by atoms with Gasteiger partial charge in [-0.05, 0) is 54.1 Å². The molecule has 0 spiro atoms.